The monoisotopic (exact) mass is 283 g/mol. The Kier molecular flexibility index (Phi) is 4.61. The van der Waals surface area contributed by atoms with Crippen LogP contribution in [0.1, 0.15) is 30.1 Å². The minimum Gasteiger partial charge on any atom is -0.478 e. The van der Waals surface area contributed by atoms with Crippen molar-refractivity contribution in [1.82, 2.24) is 9.88 Å². The van der Waals surface area contributed by atoms with Crippen molar-refractivity contribution >= 4 is 23.4 Å². The Morgan fingerprint density at radius 3 is 3.11 bits per heavy atom. The Hall–Kier alpha value is -1.33. The number of likely N-dealkylation sites (tertiary alicyclic amines) is 1. The van der Waals surface area contributed by atoms with Crippen LogP contribution in [-0.4, -0.2) is 46.6 Å². The number of rotatable bonds is 4. The molecule has 6 heteroatoms. The van der Waals surface area contributed by atoms with Gasteiger partial charge in [0.15, 0.2) is 0 Å². The van der Waals surface area contributed by atoms with E-state index in [1.54, 1.807) is 0 Å². The van der Waals surface area contributed by atoms with Crippen molar-refractivity contribution in [1.29, 1.82) is 0 Å². The fourth-order valence-electron chi connectivity index (χ4n) is 2.31. The van der Waals surface area contributed by atoms with Gasteiger partial charge in [0.05, 0.1) is 10.6 Å². The molecule has 1 saturated heterocycles. The number of carboxylic acids is 1. The zero-order chi connectivity index (χ0) is 13.8. The number of carbonyl (C=O) groups is 1. The molecule has 19 heavy (non-hydrogen) atoms. The van der Waals surface area contributed by atoms with Gasteiger partial charge in [0.25, 0.3) is 0 Å². The fraction of sp³-hybridized carbons (Fsp3) is 0.538. The van der Waals surface area contributed by atoms with Crippen molar-refractivity contribution in [3.63, 3.8) is 0 Å². The van der Waals surface area contributed by atoms with E-state index in [-0.39, 0.29) is 5.56 Å². The van der Waals surface area contributed by atoms with Crippen LogP contribution in [-0.2, 0) is 0 Å². The Morgan fingerprint density at radius 2 is 2.47 bits per heavy atom. The van der Waals surface area contributed by atoms with Crippen molar-refractivity contribution in [2.75, 3.05) is 25.0 Å². The maximum Gasteiger partial charge on any atom is 0.337 e. The lowest BCUT2D eigenvalue weighted by Gasteiger charge is -2.32. The molecule has 1 aliphatic heterocycles. The van der Waals surface area contributed by atoms with Crippen LogP contribution >= 0.6 is 11.6 Å². The third kappa shape index (κ3) is 3.58. The second-order valence-electron chi connectivity index (χ2n) is 4.74. The predicted octanol–water partition coefficient (Wildman–Crippen LogP) is 2.33. The van der Waals surface area contributed by atoms with E-state index in [2.05, 4.69) is 22.1 Å². The molecular weight excluding hydrogens is 266 g/mol. The lowest BCUT2D eigenvalue weighted by molar-refractivity contribution is 0.0696. The highest BCUT2D eigenvalue weighted by molar-refractivity contribution is 6.33. The van der Waals surface area contributed by atoms with E-state index in [9.17, 15) is 4.79 Å². The summed E-state index contributed by atoms with van der Waals surface area (Å²) in [7, 11) is 0. The van der Waals surface area contributed by atoms with Gasteiger partial charge in [-0.3, -0.25) is 0 Å². The molecule has 1 fully saturated rings. The summed E-state index contributed by atoms with van der Waals surface area (Å²) >= 11 is 6.06. The first kappa shape index (κ1) is 14.1. The molecule has 1 aromatic heterocycles. The number of likely N-dealkylation sites (N-methyl/N-ethyl adjacent to an activating group) is 1. The van der Waals surface area contributed by atoms with Gasteiger partial charge in [-0.1, -0.05) is 18.5 Å². The number of hydrogen-bond donors (Lipinski definition) is 2. The van der Waals surface area contributed by atoms with Gasteiger partial charge in [-0.05, 0) is 32.0 Å². The van der Waals surface area contributed by atoms with Gasteiger partial charge < -0.3 is 15.3 Å². The summed E-state index contributed by atoms with van der Waals surface area (Å²) in [5.74, 6) is -0.453. The number of aromatic nitrogens is 1. The number of hydrogen-bond acceptors (Lipinski definition) is 4. The van der Waals surface area contributed by atoms with Crippen LogP contribution in [0, 0.1) is 0 Å². The summed E-state index contributed by atoms with van der Waals surface area (Å²) in [5.41, 5.74) is 0.106. The number of nitrogens with zero attached hydrogens (tertiary/aromatic N) is 2. The van der Waals surface area contributed by atoms with Crippen LogP contribution in [0.15, 0.2) is 12.3 Å². The Bertz CT molecular complexity index is 467. The molecule has 2 N–H and O–H groups in total. The van der Waals surface area contributed by atoms with Crippen LogP contribution in [0.3, 0.4) is 0 Å². The zero-order valence-electron chi connectivity index (χ0n) is 10.9. The number of anilines is 1. The predicted molar refractivity (Wildman–Crippen MR) is 75.0 cm³/mol. The molecule has 1 unspecified atom stereocenters. The van der Waals surface area contributed by atoms with Gasteiger partial charge in [-0.25, -0.2) is 9.78 Å². The molecule has 104 valence electrons. The van der Waals surface area contributed by atoms with Gasteiger partial charge in [0.2, 0.25) is 0 Å². The number of nitrogens with one attached hydrogen (secondary N) is 1. The van der Waals surface area contributed by atoms with E-state index in [1.807, 2.05) is 0 Å². The zero-order valence-corrected chi connectivity index (χ0v) is 11.7. The van der Waals surface area contributed by atoms with Crippen LogP contribution in [0.4, 0.5) is 5.82 Å². The second-order valence-corrected chi connectivity index (χ2v) is 5.14. The standard InChI is InChI=1S/C13H18ClN3O2/c1-2-17-5-3-4-10(8-17)16-12-11(14)6-9(7-15-12)13(18)19/h6-7,10H,2-5,8H2,1H3,(H,15,16)(H,18,19). The molecule has 0 bridgehead atoms. The first-order chi connectivity index (χ1) is 9.10. The second kappa shape index (κ2) is 6.21. The summed E-state index contributed by atoms with van der Waals surface area (Å²) in [6.45, 7) is 5.29. The first-order valence-corrected chi connectivity index (χ1v) is 6.85. The van der Waals surface area contributed by atoms with Crippen LogP contribution < -0.4 is 5.32 Å². The summed E-state index contributed by atoms with van der Waals surface area (Å²) in [6.07, 6.45) is 3.56. The van der Waals surface area contributed by atoms with Gasteiger partial charge in [-0.2, -0.15) is 0 Å². The molecule has 1 aromatic rings. The van der Waals surface area contributed by atoms with Crippen molar-refractivity contribution in [2.24, 2.45) is 0 Å². The topological polar surface area (TPSA) is 65.5 Å². The quantitative estimate of drug-likeness (QED) is 0.888. The minimum atomic E-state index is -1.02. The van der Waals surface area contributed by atoms with Crippen LogP contribution in [0.2, 0.25) is 5.02 Å². The van der Waals surface area contributed by atoms with Crippen molar-refractivity contribution in [2.45, 2.75) is 25.8 Å². The largest absolute Gasteiger partial charge is 0.478 e. The van der Waals surface area contributed by atoms with Crippen LogP contribution in [0.5, 0.6) is 0 Å². The molecule has 0 amide bonds. The number of piperidine rings is 1. The highest BCUT2D eigenvalue weighted by atomic mass is 35.5. The molecule has 0 radical (unpaired) electrons. The Balaban J connectivity index is 2.04. The fourth-order valence-corrected chi connectivity index (χ4v) is 2.54. The number of halogens is 1. The summed E-state index contributed by atoms with van der Waals surface area (Å²) < 4.78 is 0. The average Bonchev–Trinajstić information content (AvgIpc) is 2.41. The van der Waals surface area contributed by atoms with Crippen molar-refractivity contribution < 1.29 is 9.90 Å². The third-order valence-electron chi connectivity index (χ3n) is 3.38. The van der Waals surface area contributed by atoms with Crippen molar-refractivity contribution in [3.05, 3.63) is 22.8 Å². The van der Waals surface area contributed by atoms with E-state index in [4.69, 9.17) is 16.7 Å². The van der Waals surface area contributed by atoms with Gasteiger partial charge >= 0.3 is 5.97 Å². The number of carboxylic acid groups (broad SMARTS) is 1. The SMILES string of the molecule is CCN1CCCC(Nc2ncc(C(=O)O)cc2Cl)C1. The molecule has 1 aliphatic rings. The van der Waals surface area contributed by atoms with E-state index in [0.717, 1.165) is 32.5 Å². The molecule has 5 nitrogen and oxygen atoms in total. The van der Waals surface area contributed by atoms with Gasteiger partial charge in [-0.15, -0.1) is 0 Å². The number of pyridine rings is 1. The average molecular weight is 284 g/mol. The molecule has 0 aliphatic carbocycles. The number of aromatic carboxylic acids is 1. The molecule has 0 spiro atoms. The van der Waals surface area contributed by atoms with Gasteiger partial charge in [0.1, 0.15) is 5.82 Å². The van der Waals surface area contributed by atoms with Crippen molar-refractivity contribution in [3.8, 4) is 0 Å². The molecular formula is C13H18ClN3O2. The lowest BCUT2D eigenvalue weighted by atomic mass is 10.1. The maximum atomic E-state index is 10.8. The van der Waals surface area contributed by atoms with E-state index < -0.39 is 5.97 Å². The normalized spacial score (nSPS) is 20.2. The molecule has 2 heterocycles. The summed E-state index contributed by atoms with van der Waals surface area (Å²) in [4.78, 5) is 17.3. The van der Waals surface area contributed by atoms with E-state index in [1.165, 1.54) is 12.3 Å². The molecule has 1 atom stereocenters. The van der Waals surface area contributed by atoms with E-state index >= 15 is 0 Å². The molecule has 2 rings (SSSR count). The maximum absolute atomic E-state index is 10.8. The first-order valence-electron chi connectivity index (χ1n) is 6.48. The minimum absolute atomic E-state index is 0.106. The highest BCUT2D eigenvalue weighted by Gasteiger charge is 2.20. The highest BCUT2D eigenvalue weighted by Crippen LogP contribution is 2.23. The summed E-state index contributed by atoms with van der Waals surface area (Å²) in [6, 6.07) is 1.74. The smallest absolute Gasteiger partial charge is 0.337 e. The third-order valence-corrected chi connectivity index (χ3v) is 3.67. The lowest BCUT2D eigenvalue weighted by Crippen LogP contribution is -2.42. The summed E-state index contributed by atoms with van der Waals surface area (Å²) in [5, 5.41) is 12.5. The Labute approximate surface area is 117 Å². The Morgan fingerprint density at radius 1 is 1.68 bits per heavy atom. The van der Waals surface area contributed by atoms with Crippen LogP contribution in [0.25, 0.3) is 0 Å². The molecule has 0 saturated carbocycles. The van der Waals surface area contributed by atoms with E-state index in [0.29, 0.717) is 16.9 Å². The molecule has 0 aromatic carbocycles. The van der Waals surface area contributed by atoms with Gasteiger partial charge in [0, 0.05) is 18.8 Å².